The molecular formula is C17H27Cl3N2O2-2. The molecule has 140 valence electrons. The van der Waals surface area contributed by atoms with Gasteiger partial charge in [-0.15, -0.1) is 0 Å². The summed E-state index contributed by atoms with van der Waals surface area (Å²) in [5, 5.41) is 7.55. The maximum atomic E-state index is 6.34. The van der Waals surface area contributed by atoms with Gasteiger partial charge in [0, 0.05) is 6.54 Å². The van der Waals surface area contributed by atoms with E-state index >= 15 is 0 Å². The molecule has 2 rings (SSSR count). The minimum Gasteiger partial charge on any atom is -1.00 e. The summed E-state index contributed by atoms with van der Waals surface area (Å²) < 4.78 is 11.3. The highest BCUT2D eigenvalue weighted by Gasteiger charge is 2.14. The van der Waals surface area contributed by atoms with Crippen LogP contribution in [-0.4, -0.2) is 32.8 Å². The van der Waals surface area contributed by atoms with Gasteiger partial charge in [0.2, 0.25) is 0 Å². The van der Waals surface area contributed by atoms with Crippen molar-refractivity contribution in [3.05, 3.63) is 22.7 Å². The highest BCUT2D eigenvalue weighted by atomic mass is 35.5. The number of piperidine rings is 1. The Morgan fingerprint density at radius 2 is 1.79 bits per heavy atom. The Balaban J connectivity index is 0.00000264. The molecule has 7 heteroatoms. The number of nitrogens with one attached hydrogen (secondary N) is 2. The first-order chi connectivity index (χ1) is 10.7. The van der Waals surface area contributed by atoms with Crippen molar-refractivity contribution < 1.29 is 34.3 Å². The topological polar surface area (TPSA) is 42.5 Å². The van der Waals surface area contributed by atoms with Gasteiger partial charge in [-0.1, -0.05) is 11.6 Å². The minimum atomic E-state index is 0. The first kappa shape index (κ1) is 23.6. The van der Waals surface area contributed by atoms with Gasteiger partial charge in [-0.2, -0.15) is 0 Å². The molecule has 0 bridgehead atoms. The SMILES string of the molecule is CCOc1cc(CNCC2CCNCC2)cc(Cl)c1OCC.[Cl-].[Cl-]. The van der Waals surface area contributed by atoms with Crippen LogP contribution < -0.4 is 44.9 Å². The van der Waals surface area contributed by atoms with Crippen molar-refractivity contribution >= 4 is 11.6 Å². The van der Waals surface area contributed by atoms with Crippen molar-refractivity contribution in [3.63, 3.8) is 0 Å². The van der Waals surface area contributed by atoms with Crippen LogP contribution in [0.3, 0.4) is 0 Å². The van der Waals surface area contributed by atoms with Crippen LogP contribution >= 0.6 is 11.6 Å². The third kappa shape index (κ3) is 7.24. The minimum absolute atomic E-state index is 0. The van der Waals surface area contributed by atoms with Crippen molar-refractivity contribution in [1.82, 2.24) is 10.6 Å². The van der Waals surface area contributed by atoms with E-state index in [1.165, 1.54) is 12.8 Å². The third-order valence-electron chi connectivity index (χ3n) is 3.88. The summed E-state index contributed by atoms with van der Waals surface area (Å²) in [5.74, 6) is 2.15. The van der Waals surface area contributed by atoms with Crippen LogP contribution in [0.15, 0.2) is 12.1 Å². The summed E-state index contributed by atoms with van der Waals surface area (Å²) in [7, 11) is 0. The molecule has 0 spiro atoms. The summed E-state index contributed by atoms with van der Waals surface area (Å²) in [6.07, 6.45) is 2.50. The Morgan fingerprint density at radius 1 is 1.12 bits per heavy atom. The van der Waals surface area contributed by atoms with E-state index in [-0.39, 0.29) is 24.8 Å². The summed E-state index contributed by atoms with van der Waals surface area (Å²) in [5.41, 5.74) is 1.13. The fraction of sp³-hybridized carbons (Fsp3) is 0.647. The van der Waals surface area contributed by atoms with Gasteiger partial charge in [-0.25, -0.2) is 0 Å². The molecule has 24 heavy (non-hydrogen) atoms. The first-order valence-corrected chi connectivity index (χ1v) is 8.61. The zero-order chi connectivity index (χ0) is 15.8. The number of halogens is 3. The zero-order valence-electron chi connectivity index (χ0n) is 14.3. The predicted molar refractivity (Wildman–Crippen MR) is 91.1 cm³/mol. The number of hydrogen-bond acceptors (Lipinski definition) is 4. The number of hydrogen-bond donors (Lipinski definition) is 2. The van der Waals surface area contributed by atoms with Crippen LogP contribution in [-0.2, 0) is 6.54 Å². The molecule has 0 atom stereocenters. The molecule has 0 unspecified atom stereocenters. The average Bonchev–Trinajstić information content (AvgIpc) is 2.52. The molecule has 1 fully saturated rings. The largest absolute Gasteiger partial charge is 1.00 e. The number of ether oxygens (including phenoxy) is 2. The lowest BCUT2D eigenvalue weighted by Crippen LogP contribution is -3.00. The standard InChI is InChI=1S/C17H27ClN2O2.2ClH/c1-3-21-16-10-14(9-15(18)17(16)22-4-2)12-20-11-13-5-7-19-8-6-13;;/h9-10,13,19-20H,3-8,11-12H2,1-2H3;2*1H/p-2. The van der Waals surface area contributed by atoms with Crippen LogP contribution in [0.2, 0.25) is 5.02 Å². The van der Waals surface area contributed by atoms with Gasteiger partial charge in [0.15, 0.2) is 11.5 Å². The number of benzene rings is 1. The molecule has 1 aromatic carbocycles. The molecule has 0 aromatic heterocycles. The highest BCUT2D eigenvalue weighted by Crippen LogP contribution is 2.36. The summed E-state index contributed by atoms with van der Waals surface area (Å²) in [6.45, 7) is 9.21. The molecule has 0 amide bonds. The van der Waals surface area contributed by atoms with Crippen LogP contribution in [0, 0.1) is 5.92 Å². The van der Waals surface area contributed by atoms with Gasteiger partial charge in [0.1, 0.15) is 0 Å². The van der Waals surface area contributed by atoms with Crippen molar-refractivity contribution in [2.24, 2.45) is 5.92 Å². The van der Waals surface area contributed by atoms with Gasteiger partial charge in [0.25, 0.3) is 0 Å². The van der Waals surface area contributed by atoms with Crippen molar-refractivity contribution in [3.8, 4) is 11.5 Å². The molecular weight excluding hydrogens is 371 g/mol. The second-order valence-corrected chi connectivity index (χ2v) is 6.00. The third-order valence-corrected chi connectivity index (χ3v) is 4.16. The van der Waals surface area contributed by atoms with Crippen LogP contribution in [0.1, 0.15) is 32.3 Å². The van der Waals surface area contributed by atoms with Gasteiger partial charge in [-0.05, 0) is 69.9 Å². The lowest BCUT2D eigenvalue weighted by molar-refractivity contribution is -0.001000. The van der Waals surface area contributed by atoms with E-state index in [0.29, 0.717) is 24.0 Å². The Kier molecular flexibility index (Phi) is 12.7. The second kappa shape index (κ2) is 12.9. The smallest absolute Gasteiger partial charge is 0.179 e. The Morgan fingerprint density at radius 3 is 2.42 bits per heavy atom. The number of rotatable bonds is 8. The lowest BCUT2D eigenvalue weighted by atomic mass is 9.98. The fourth-order valence-corrected chi connectivity index (χ4v) is 3.07. The van der Waals surface area contributed by atoms with E-state index in [9.17, 15) is 0 Å². The van der Waals surface area contributed by atoms with Crippen molar-refractivity contribution in [1.29, 1.82) is 0 Å². The van der Waals surface area contributed by atoms with Crippen molar-refractivity contribution in [2.45, 2.75) is 33.2 Å². The Hall–Kier alpha value is -0.390. The van der Waals surface area contributed by atoms with Gasteiger partial charge in [0.05, 0.1) is 18.2 Å². The lowest BCUT2D eigenvalue weighted by Gasteiger charge is -2.23. The normalized spacial score (nSPS) is 14.5. The van der Waals surface area contributed by atoms with E-state index in [4.69, 9.17) is 21.1 Å². The molecule has 1 heterocycles. The summed E-state index contributed by atoms with van der Waals surface area (Å²) in [4.78, 5) is 0. The average molecular weight is 398 g/mol. The molecule has 0 saturated carbocycles. The van der Waals surface area contributed by atoms with Gasteiger partial charge in [-0.3, -0.25) is 0 Å². The highest BCUT2D eigenvalue weighted by molar-refractivity contribution is 6.32. The Labute approximate surface area is 162 Å². The quantitative estimate of drug-likeness (QED) is 0.499. The second-order valence-electron chi connectivity index (χ2n) is 5.60. The van der Waals surface area contributed by atoms with E-state index in [1.54, 1.807) is 0 Å². The molecule has 1 aliphatic rings. The predicted octanol–water partition coefficient (Wildman–Crippen LogP) is -2.77. The monoisotopic (exact) mass is 396 g/mol. The molecule has 2 N–H and O–H groups in total. The van der Waals surface area contributed by atoms with E-state index in [1.807, 2.05) is 26.0 Å². The fourth-order valence-electron chi connectivity index (χ4n) is 2.78. The molecule has 1 aliphatic heterocycles. The molecule has 1 aromatic rings. The van der Waals surface area contributed by atoms with E-state index in [0.717, 1.165) is 43.4 Å². The summed E-state index contributed by atoms with van der Waals surface area (Å²) in [6, 6.07) is 3.99. The van der Waals surface area contributed by atoms with Crippen LogP contribution in [0.4, 0.5) is 0 Å². The maximum absolute atomic E-state index is 6.34. The van der Waals surface area contributed by atoms with Crippen LogP contribution in [0.5, 0.6) is 11.5 Å². The van der Waals surface area contributed by atoms with Gasteiger partial charge < -0.3 is 44.9 Å². The Bertz CT molecular complexity index is 469. The first-order valence-electron chi connectivity index (χ1n) is 8.24. The molecule has 1 saturated heterocycles. The molecule has 0 radical (unpaired) electrons. The van der Waals surface area contributed by atoms with Gasteiger partial charge >= 0.3 is 0 Å². The summed E-state index contributed by atoms with van der Waals surface area (Å²) >= 11 is 6.34. The van der Waals surface area contributed by atoms with E-state index < -0.39 is 0 Å². The maximum Gasteiger partial charge on any atom is 0.179 e. The molecule has 4 nitrogen and oxygen atoms in total. The molecule has 0 aliphatic carbocycles. The zero-order valence-corrected chi connectivity index (χ0v) is 16.6. The van der Waals surface area contributed by atoms with Crippen LogP contribution in [0.25, 0.3) is 0 Å². The van der Waals surface area contributed by atoms with E-state index in [2.05, 4.69) is 10.6 Å². The van der Waals surface area contributed by atoms with Crippen molar-refractivity contribution in [2.75, 3.05) is 32.8 Å².